The summed E-state index contributed by atoms with van der Waals surface area (Å²) in [4.78, 5) is 37.4. The number of carbonyl (C=O) groups excluding carboxylic acids is 3. The van der Waals surface area contributed by atoms with Gasteiger partial charge in [0.2, 0.25) is 11.8 Å². The Kier molecular flexibility index (Phi) is 4.32. The SMILES string of the molecule is CN1CC(=O)N(CCC(=O)Nc2ccc(Cl)cc2N)C1=O. The Morgan fingerprint density at radius 3 is 2.71 bits per heavy atom. The van der Waals surface area contributed by atoms with Crippen molar-refractivity contribution in [1.29, 1.82) is 0 Å². The maximum Gasteiger partial charge on any atom is 0.326 e. The molecule has 1 heterocycles. The number of nitrogens with one attached hydrogen (secondary N) is 1. The molecule has 0 saturated carbocycles. The number of hydrogen-bond acceptors (Lipinski definition) is 4. The highest BCUT2D eigenvalue weighted by Gasteiger charge is 2.33. The number of imide groups is 1. The molecular formula is C13H15ClN4O3. The van der Waals surface area contributed by atoms with Crippen LogP contribution < -0.4 is 11.1 Å². The number of nitrogens with two attached hydrogens (primary N) is 1. The van der Waals surface area contributed by atoms with Crippen molar-refractivity contribution in [1.82, 2.24) is 9.80 Å². The molecule has 112 valence electrons. The van der Waals surface area contributed by atoms with Gasteiger partial charge in [-0.2, -0.15) is 0 Å². The Bertz CT molecular complexity index is 605. The molecule has 1 fully saturated rings. The summed E-state index contributed by atoms with van der Waals surface area (Å²) in [5.41, 5.74) is 6.52. The number of halogens is 1. The lowest BCUT2D eigenvalue weighted by molar-refractivity contribution is -0.125. The molecule has 1 aliphatic heterocycles. The Balaban J connectivity index is 1.91. The van der Waals surface area contributed by atoms with Gasteiger partial charge in [-0.3, -0.25) is 14.5 Å². The zero-order valence-corrected chi connectivity index (χ0v) is 12.2. The molecule has 2 rings (SSSR count). The molecule has 8 heteroatoms. The van der Waals surface area contributed by atoms with Gasteiger partial charge in [-0.15, -0.1) is 0 Å². The number of benzene rings is 1. The van der Waals surface area contributed by atoms with Crippen LogP contribution in [0.2, 0.25) is 5.02 Å². The quantitative estimate of drug-likeness (QED) is 0.644. The normalized spacial score (nSPS) is 14.8. The van der Waals surface area contributed by atoms with Crippen LogP contribution in [0.15, 0.2) is 18.2 Å². The monoisotopic (exact) mass is 310 g/mol. The molecule has 1 aromatic carbocycles. The molecule has 3 N–H and O–H groups in total. The van der Waals surface area contributed by atoms with Gasteiger partial charge in [-0.1, -0.05) is 11.6 Å². The maximum atomic E-state index is 11.8. The third kappa shape index (κ3) is 3.43. The molecule has 0 bridgehead atoms. The fourth-order valence-electron chi connectivity index (χ4n) is 1.96. The molecule has 7 nitrogen and oxygen atoms in total. The Hall–Kier alpha value is -2.28. The molecule has 21 heavy (non-hydrogen) atoms. The predicted octanol–water partition coefficient (Wildman–Crippen LogP) is 1.14. The first kappa shape index (κ1) is 15.1. The van der Waals surface area contributed by atoms with E-state index in [0.29, 0.717) is 16.4 Å². The van der Waals surface area contributed by atoms with Crippen molar-refractivity contribution in [3.8, 4) is 0 Å². The first-order valence-electron chi connectivity index (χ1n) is 6.29. The van der Waals surface area contributed by atoms with E-state index in [1.807, 2.05) is 0 Å². The molecule has 0 spiro atoms. The summed E-state index contributed by atoms with van der Waals surface area (Å²) in [6.07, 6.45) is 0.00733. The van der Waals surface area contributed by atoms with Gasteiger partial charge in [-0.25, -0.2) is 4.79 Å². The number of rotatable bonds is 4. The van der Waals surface area contributed by atoms with Crippen molar-refractivity contribution < 1.29 is 14.4 Å². The molecule has 0 atom stereocenters. The smallest absolute Gasteiger partial charge is 0.326 e. The number of anilines is 2. The Morgan fingerprint density at radius 1 is 1.43 bits per heavy atom. The molecule has 0 aliphatic carbocycles. The number of hydrogen-bond donors (Lipinski definition) is 2. The molecule has 0 radical (unpaired) electrons. The second kappa shape index (κ2) is 6.01. The third-order valence-electron chi connectivity index (χ3n) is 3.08. The highest BCUT2D eigenvalue weighted by Crippen LogP contribution is 2.22. The summed E-state index contributed by atoms with van der Waals surface area (Å²) in [7, 11) is 1.54. The third-order valence-corrected chi connectivity index (χ3v) is 3.32. The van der Waals surface area contributed by atoms with E-state index in [2.05, 4.69) is 5.32 Å². The average molecular weight is 311 g/mol. The van der Waals surface area contributed by atoms with E-state index in [9.17, 15) is 14.4 Å². The topological polar surface area (TPSA) is 95.7 Å². The summed E-state index contributed by atoms with van der Waals surface area (Å²) < 4.78 is 0. The van der Waals surface area contributed by atoms with Crippen LogP contribution in [0.5, 0.6) is 0 Å². The number of amides is 4. The molecule has 1 aliphatic rings. The molecule has 0 unspecified atom stereocenters. The van der Waals surface area contributed by atoms with Crippen molar-refractivity contribution in [2.24, 2.45) is 0 Å². The van der Waals surface area contributed by atoms with Crippen molar-refractivity contribution in [2.75, 3.05) is 31.2 Å². The van der Waals surface area contributed by atoms with Crippen LogP contribution >= 0.6 is 11.6 Å². The van der Waals surface area contributed by atoms with Gasteiger partial charge < -0.3 is 16.0 Å². The lowest BCUT2D eigenvalue weighted by atomic mass is 10.2. The van der Waals surface area contributed by atoms with Crippen molar-refractivity contribution in [3.63, 3.8) is 0 Å². The number of nitrogen functional groups attached to an aromatic ring is 1. The largest absolute Gasteiger partial charge is 0.397 e. The van der Waals surface area contributed by atoms with E-state index in [4.69, 9.17) is 17.3 Å². The van der Waals surface area contributed by atoms with Gasteiger partial charge in [0, 0.05) is 25.0 Å². The standard InChI is InChI=1S/C13H15ClN4O3/c1-17-7-12(20)18(13(17)21)5-4-11(19)16-10-3-2-8(14)6-9(10)15/h2-3,6H,4-5,7,15H2,1H3,(H,16,19). The van der Waals surface area contributed by atoms with Crippen LogP contribution in [0.4, 0.5) is 16.2 Å². The summed E-state index contributed by atoms with van der Waals surface area (Å²) in [6, 6.07) is 4.34. The van der Waals surface area contributed by atoms with Crippen LogP contribution in [-0.4, -0.2) is 47.8 Å². The summed E-state index contributed by atoms with van der Waals surface area (Å²) in [5, 5.41) is 3.09. The molecule has 0 aromatic heterocycles. The highest BCUT2D eigenvalue weighted by atomic mass is 35.5. The predicted molar refractivity (Wildman–Crippen MR) is 78.9 cm³/mol. The van der Waals surface area contributed by atoms with Crippen molar-refractivity contribution in [2.45, 2.75) is 6.42 Å². The van der Waals surface area contributed by atoms with Crippen LogP contribution in [0.3, 0.4) is 0 Å². The number of carbonyl (C=O) groups is 3. The molecule has 1 saturated heterocycles. The number of nitrogens with zero attached hydrogens (tertiary/aromatic N) is 2. The van der Waals surface area contributed by atoms with Gasteiger partial charge in [0.25, 0.3) is 0 Å². The summed E-state index contributed by atoms with van der Waals surface area (Å²) >= 11 is 5.77. The average Bonchev–Trinajstić information content (AvgIpc) is 2.65. The number of urea groups is 1. The van der Waals surface area contributed by atoms with Crippen LogP contribution in [-0.2, 0) is 9.59 Å². The summed E-state index contributed by atoms with van der Waals surface area (Å²) in [6.45, 7) is 0.0892. The van der Waals surface area contributed by atoms with Crippen molar-refractivity contribution in [3.05, 3.63) is 23.2 Å². The second-order valence-corrected chi connectivity index (χ2v) is 5.15. The van der Waals surface area contributed by atoms with Crippen LogP contribution in [0, 0.1) is 0 Å². The lowest BCUT2D eigenvalue weighted by Gasteiger charge is -2.14. The van der Waals surface area contributed by atoms with Gasteiger partial charge in [0.15, 0.2) is 0 Å². The Labute approximate surface area is 126 Å². The van der Waals surface area contributed by atoms with Gasteiger partial charge in [0.05, 0.1) is 11.4 Å². The fourth-order valence-corrected chi connectivity index (χ4v) is 2.14. The molecular weight excluding hydrogens is 296 g/mol. The minimum Gasteiger partial charge on any atom is -0.397 e. The van der Waals surface area contributed by atoms with Gasteiger partial charge >= 0.3 is 6.03 Å². The Morgan fingerprint density at radius 2 is 2.14 bits per heavy atom. The molecule has 1 aromatic rings. The molecule has 4 amide bonds. The first-order chi connectivity index (χ1) is 9.88. The zero-order valence-electron chi connectivity index (χ0n) is 11.4. The van der Waals surface area contributed by atoms with E-state index in [0.717, 1.165) is 4.90 Å². The zero-order chi connectivity index (χ0) is 15.6. The first-order valence-corrected chi connectivity index (χ1v) is 6.66. The van der Waals surface area contributed by atoms with Gasteiger partial charge in [-0.05, 0) is 18.2 Å². The lowest BCUT2D eigenvalue weighted by Crippen LogP contribution is -2.34. The minimum atomic E-state index is -0.390. The van der Waals surface area contributed by atoms with Gasteiger partial charge in [0.1, 0.15) is 6.54 Å². The maximum absolute atomic E-state index is 11.8. The highest BCUT2D eigenvalue weighted by molar-refractivity contribution is 6.31. The van der Waals surface area contributed by atoms with E-state index >= 15 is 0 Å². The van der Waals surface area contributed by atoms with E-state index in [1.54, 1.807) is 12.1 Å². The van der Waals surface area contributed by atoms with Crippen LogP contribution in [0.1, 0.15) is 6.42 Å². The van der Waals surface area contributed by atoms with E-state index in [1.165, 1.54) is 18.0 Å². The van der Waals surface area contributed by atoms with E-state index in [-0.39, 0.29) is 37.4 Å². The fraction of sp³-hybridized carbons (Fsp3) is 0.308. The summed E-state index contributed by atoms with van der Waals surface area (Å²) in [5.74, 6) is -0.638. The van der Waals surface area contributed by atoms with Crippen molar-refractivity contribution >= 4 is 40.8 Å². The second-order valence-electron chi connectivity index (χ2n) is 4.71. The van der Waals surface area contributed by atoms with Crippen LogP contribution in [0.25, 0.3) is 0 Å². The van der Waals surface area contributed by atoms with E-state index < -0.39 is 0 Å². The number of likely N-dealkylation sites (N-methyl/N-ethyl adjacent to an activating group) is 1. The minimum absolute atomic E-state index is 0.00733.